The first-order valence-electron chi connectivity index (χ1n) is 9.87. The van der Waals surface area contributed by atoms with Crippen molar-refractivity contribution in [2.24, 2.45) is 12.0 Å². The Morgan fingerprint density at radius 1 is 1.17 bits per heavy atom. The summed E-state index contributed by atoms with van der Waals surface area (Å²) in [5.41, 5.74) is 0.843. The zero-order chi connectivity index (χ0) is 21.1. The Labute approximate surface area is 172 Å². The summed E-state index contributed by atoms with van der Waals surface area (Å²) in [6, 6.07) is 5.69. The lowest BCUT2D eigenvalue weighted by Gasteiger charge is -2.15. The molecule has 1 aromatic carbocycles. The van der Waals surface area contributed by atoms with Gasteiger partial charge in [-0.3, -0.25) is 0 Å². The fourth-order valence-corrected chi connectivity index (χ4v) is 2.56. The summed E-state index contributed by atoms with van der Waals surface area (Å²) in [4.78, 5) is 4.65. The van der Waals surface area contributed by atoms with Crippen molar-refractivity contribution in [2.75, 3.05) is 38.8 Å². The average Bonchev–Trinajstić information content (AvgIpc) is 3.05. The molecule has 0 radical (unpaired) electrons. The van der Waals surface area contributed by atoms with Gasteiger partial charge in [0.2, 0.25) is 0 Å². The fourth-order valence-electron chi connectivity index (χ4n) is 2.56. The number of methoxy groups -OCH3 is 1. The molecule has 1 aromatic heterocycles. The second kappa shape index (κ2) is 11.9. The van der Waals surface area contributed by atoms with Gasteiger partial charge in [-0.05, 0) is 39.3 Å². The number of aliphatic imine (C=N–C) groups is 1. The zero-order valence-corrected chi connectivity index (χ0v) is 18.0. The lowest BCUT2D eigenvalue weighted by Crippen LogP contribution is -2.32. The monoisotopic (exact) mass is 404 g/mol. The van der Waals surface area contributed by atoms with Crippen LogP contribution in [0.15, 0.2) is 23.2 Å². The third-order valence-corrected chi connectivity index (χ3v) is 4.25. The molecule has 0 unspecified atom stereocenters. The first-order chi connectivity index (χ1) is 14.1. The molecule has 160 valence electrons. The van der Waals surface area contributed by atoms with Gasteiger partial charge >= 0.3 is 0 Å². The normalized spacial score (nSPS) is 11.4. The molecule has 0 aliphatic rings. The van der Waals surface area contributed by atoms with Gasteiger partial charge in [-0.15, -0.1) is 10.2 Å². The van der Waals surface area contributed by atoms with Gasteiger partial charge in [0, 0.05) is 38.6 Å². The molecule has 9 nitrogen and oxygen atoms in total. The number of ether oxygens (including phenoxy) is 3. The number of benzene rings is 1. The minimum Gasteiger partial charge on any atom is -0.493 e. The third kappa shape index (κ3) is 6.94. The van der Waals surface area contributed by atoms with Gasteiger partial charge in [0.05, 0.1) is 13.7 Å². The number of rotatable bonds is 11. The Balaban J connectivity index is 2.11. The van der Waals surface area contributed by atoms with Gasteiger partial charge in [-0.2, -0.15) is 0 Å². The summed E-state index contributed by atoms with van der Waals surface area (Å²) in [7, 11) is 3.55. The Bertz CT molecular complexity index is 791. The first-order valence-corrected chi connectivity index (χ1v) is 9.87. The predicted molar refractivity (Wildman–Crippen MR) is 114 cm³/mol. The van der Waals surface area contributed by atoms with E-state index in [0.717, 1.165) is 36.9 Å². The number of hydrogen-bond donors (Lipinski definition) is 2. The average molecular weight is 405 g/mol. The molecule has 0 spiro atoms. The molecule has 0 aliphatic carbocycles. The maximum Gasteiger partial charge on any atom is 0.196 e. The van der Waals surface area contributed by atoms with Gasteiger partial charge in [-0.1, -0.05) is 0 Å². The van der Waals surface area contributed by atoms with Crippen LogP contribution in [0.25, 0.3) is 0 Å². The number of hydrogen-bond acceptors (Lipinski definition) is 6. The number of guanidine groups is 1. The van der Waals surface area contributed by atoms with Crippen LogP contribution in [-0.2, 0) is 18.3 Å². The van der Waals surface area contributed by atoms with Crippen LogP contribution in [0.3, 0.4) is 0 Å². The van der Waals surface area contributed by atoms with Crippen molar-refractivity contribution in [1.82, 2.24) is 20.1 Å². The van der Waals surface area contributed by atoms with Gasteiger partial charge in [0.25, 0.3) is 0 Å². The molecule has 1 heterocycles. The van der Waals surface area contributed by atoms with Crippen LogP contribution in [0.5, 0.6) is 11.5 Å². The van der Waals surface area contributed by atoms with Crippen LogP contribution >= 0.6 is 0 Å². The topological polar surface area (TPSA) is 94.8 Å². The predicted octanol–water partition coefficient (Wildman–Crippen LogP) is 2.52. The molecule has 2 rings (SSSR count). The smallest absolute Gasteiger partial charge is 0.196 e. The molecule has 0 fully saturated rings. The van der Waals surface area contributed by atoms with Crippen molar-refractivity contribution in [3.63, 3.8) is 0 Å². The lowest BCUT2D eigenvalue weighted by molar-refractivity contribution is 0.146. The number of nitrogens with one attached hydrogen (secondary N) is 2. The maximum atomic E-state index is 5.58. The summed E-state index contributed by atoms with van der Waals surface area (Å²) < 4.78 is 18.3. The highest BCUT2D eigenvalue weighted by molar-refractivity contribution is 5.93. The van der Waals surface area contributed by atoms with E-state index in [4.69, 9.17) is 14.2 Å². The zero-order valence-electron chi connectivity index (χ0n) is 18.0. The highest BCUT2D eigenvalue weighted by atomic mass is 16.5. The summed E-state index contributed by atoms with van der Waals surface area (Å²) >= 11 is 0. The van der Waals surface area contributed by atoms with E-state index in [0.29, 0.717) is 37.2 Å². The maximum absolute atomic E-state index is 5.58. The number of anilines is 1. The van der Waals surface area contributed by atoms with E-state index in [1.807, 2.05) is 50.6 Å². The van der Waals surface area contributed by atoms with Gasteiger partial charge in [0.15, 0.2) is 23.3 Å². The third-order valence-electron chi connectivity index (χ3n) is 4.25. The molecular weight excluding hydrogens is 372 g/mol. The highest BCUT2D eigenvalue weighted by Crippen LogP contribution is 2.30. The van der Waals surface area contributed by atoms with Crippen LogP contribution in [0.2, 0.25) is 0 Å². The lowest BCUT2D eigenvalue weighted by atomic mass is 10.2. The molecule has 0 saturated carbocycles. The van der Waals surface area contributed by atoms with Crippen LogP contribution in [0, 0.1) is 6.92 Å². The number of aryl methyl sites for hydroxylation is 1. The fraction of sp³-hybridized carbons (Fsp3) is 0.550. The van der Waals surface area contributed by atoms with Gasteiger partial charge < -0.3 is 29.4 Å². The largest absolute Gasteiger partial charge is 0.493 e. The van der Waals surface area contributed by atoms with Crippen molar-refractivity contribution in [1.29, 1.82) is 0 Å². The number of nitrogens with zero attached hydrogens (tertiary/aromatic N) is 4. The highest BCUT2D eigenvalue weighted by Gasteiger charge is 2.09. The molecule has 2 aromatic rings. The second-order valence-electron chi connectivity index (χ2n) is 6.29. The van der Waals surface area contributed by atoms with Crippen molar-refractivity contribution < 1.29 is 14.2 Å². The Kier molecular flexibility index (Phi) is 9.23. The minimum atomic E-state index is 0.409. The molecule has 0 atom stereocenters. The van der Waals surface area contributed by atoms with Gasteiger partial charge in [0.1, 0.15) is 12.4 Å². The van der Waals surface area contributed by atoms with E-state index in [1.54, 1.807) is 7.11 Å². The van der Waals surface area contributed by atoms with Crippen molar-refractivity contribution in [2.45, 2.75) is 33.7 Å². The quantitative estimate of drug-likeness (QED) is 0.338. The summed E-state index contributed by atoms with van der Waals surface area (Å²) in [5, 5.41) is 14.9. The summed E-state index contributed by atoms with van der Waals surface area (Å²) in [5.74, 6) is 3.66. The minimum absolute atomic E-state index is 0.409. The first kappa shape index (κ1) is 22.5. The molecule has 0 saturated heterocycles. The Morgan fingerprint density at radius 2 is 2.00 bits per heavy atom. The van der Waals surface area contributed by atoms with E-state index in [9.17, 15) is 0 Å². The second-order valence-corrected chi connectivity index (χ2v) is 6.29. The van der Waals surface area contributed by atoms with E-state index in [-0.39, 0.29) is 0 Å². The number of aromatic nitrogens is 3. The molecule has 29 heavy (non-hydrogen) atoms. The SMILES string of the molecule is CCOCCCNC(=NCc1nnc(C)n1C)Nc1ccc(OCC)c(OC)c1. The van der Waals surface area contributed by atoms with Crippen LogP contribution in [-0.4, -0.2) is 54.2 Å². The molecule has 9 heteroatoms. The molecule has 0 aliphatic heterocycles. The molecule has 0 bridgehead atoms. The summed E-state index contributed by atoms with van der Waals surface area (Å²) in [6.45, 7) is 8.99. The van der Waals surface area contributed by atoms with Crippen LogP contribution in [0.1, 0.15) is 31.9 Å². The van der Waals surface area contributed by atoms with E-state index >= 15 is 0 Å². The standard InChI is InChI=1S/C20H32N6O3/c1-6-28-12-8-11-21-20(22-14-19-25-24-15(3)26(19)4)23-16-9-10-17(29-7-2)18(13-16)27-5/h9-10,13H,6-8,11-12,14H2,1-5H3,(H2,21,22,23). The Hall–Kier alpha value is -2.81. The van der Waals surface area contributed by atoms with Crippen molar-refractivity contribution in [3.8, 4) is 11.5 Å². The van der Waals surface area contributed by atoms with Crippen LogP contribution in [0.4, 0.5) is 5.69 Å². The summed E-state index contributed by atoms with van der Waals surface area (Å²) in [6.07, 6.45) is 0.879. The van der Waals surface area contributed by atoms with E-state index in [1.165, 1.54) is 0 Å². The van der Waals surface area contributed by atoms with Crippen molar-refractivity contribution in [3.05, 3.63) is 29.8 Å². The van der Waals surface area contributed by atoms with Crippen LogP contribution < -0.4 is 20.1 Å². The van der Waals surface area contributed by atoms with Gasteiger partial charge in [-0.25, -0.2) is 4.99 Å². The van der Waals surface area contributed by atoms with Crippen molar-refractivity contribution >= 4 is 11.6 Å². The van der Waals surface area contributed by atoms with E-state index < -0.39 is 0 Å². The molecule has 0 amide bonds. The Morgan fingerprint density at radius 3 is 2.66 bits per heavy atom. The van der Waals surface area contributed by atoms with E-state index in [2.05, 4.69) is 25.8 Å². The molecular formula is C20H32N6O3. The molecule has 2 N–H and O–H groups in total.